The number of thioether (sulfide) groups is 1. The van der Waals surface area contributed by atoms with E-state index in [2.05, 4.69) is 15.5 Å². The summed E-state index contributed by atoms with van der Waals surface area (Å²) < 4.78 is 19.1. The fraction of sp³-hybridized carbons (Fsp3) is 0.148. The van der Waals surface area contributed by atoms with Gasteiger partial charge in [-0.1, -0.05) is 59.8 Å². The van der Waals surface area contributed by atoms with Crippen molar-refractivity contribution in [2.45, 2.75) is 24.4 Å². The predicted octanol–water partition coefficient (Wildman–Crippen LogP) is 6.30. The molecule has 1 atom stereocenters. The third-order valence-corrected chi connectivity index (χ3v) is 6.73. The van der Waals surface area contributed by atoms with Crippen molar-refractivity contribution in [3.8, 4) is 11.4 Å². The molecule has 0 radical (unpaired) electrons. The third-order valence-electron chi connectivity index (χ3n) is 5.99. The molecule has 1 aliphatic rings. The number of nitrogens with one attached hydrogen (secondary N) is 1. The maximum atomic E-state index is 13.4. The van der Waals surface area contributed by atoms with Gasteiger partial charge in [0.25, 0.3) is 5.89 Å². The van der Waals surface area contributed by atoms with E-state index < -0.39 is 6.04 Å². The summed E-state index contributed by atoms with van der Waals surface area (Å²) in [5.41, 5.74) is 3.97. The van der Waals surface area contributed by atoms with Crippen LogP contribution in [0.15, 0.2) is 94.0 Å². The second kappa shape index (κ2) is 9.76. The van der Waals surface area contributed by atoms with E-state index in [1.165, 1.54) is 12.1 Å². The van der Waals surface area contributed by atoms with E-state index in [-0.39, 0.29) is 18.4 Å². The smallest absolute Gasteiger partial charge is 0.322 e. The summed E-state index contributed by atoms with van der Waals surface area (Å²) >= 11 is 1.65. The molecule has 2 amide bonds. The van der Waals surface area contributed by atoms with Crippen LogP contribution in [0.25, 0.3) is 17.0 Å². The monoisotopic (exact) mass is 486 g/mol. The van der Waals surface area contributed by atoms with Gasteiger partial charge in [-0.05, 0) is 48.6 Å². The van der Waals surface area contributed by atoms with Crippen molar-refractivity contribution in [1.29, 1.82) is 0 Å². The zero-order chi connectivity index (χ0) is 24.4. The van der Waals surface area contributed by atoms with Gasteiger partial charge in [-0.15, -0.1) is 11.8 Å². The number of amides is 2. The van der Waals surface area contributed by atoms with Crippen LogP contribution in [0.1, 0.15) is 30.0 Å². The minimum absolute atomic E-state index is 0.252. The van der Waals surface area contributed by atoms with E-state index in [4.69, 9.17) is 4.52 Å². The largest absolute Gasteiger partial charge is 0.334 e. The summed E-state index contributed by atoms with van der Waals surface area (Å²) in [6, 6.07) is 23.0. The van der Waals surface area contributed by atoms with E-state index in [0.717, 1.165) is 27.2 Å². The molecule has 0 saturated carbocycles. The van der Waals surface area contributed by atoms with Gasteiger partial charge in [0.2, 0.25) is 5.82 Å². The lowest BCUT2D eigenvalue weighted by molar-refractivity contribution is 0.203. The minimum Gasteiger partial charge on any atom is -0.334 e. The van der Waals surface area contributed by atoms with Crippen molar-refractivity contribution in [1.82, 2.24) is 20.4 Å². The number of hydrogen-bond donors (Lipinski definition) is 1. The molecular formula is C27H23FN4O2S. The number of urea groups is 1. The first-order valence-corrected chi connectivity index (χ1v) is 12.3. The Labute approximate surface area is 206 Å². The summed E-state index contributed by atoms with van der Waals surface area (Å²) in [7, 11) is 0. The molecule has 6 nitrogen and oxygen atoms in total. The molecule has 0 fully saturated rings. The highest BCUT2D eigenvalue weighted by molar-refractivity contribution is 7.98. The summed E-state index contributed by atoms with van der Waals surface area (Å²) in [5.74, 6) is 0.488. The number of aromatic nitrogens is 2. The number of carbonyl (C=O) groups excluding carboxylic acids is 1. The zero-order valence-electron chi connectivity index (χ0n) is 19.2. The first kappa shape index (κ1) is 22.9. The molecule has 5 rings (SSSR count). The van der Waals surface area contributed by atoms with Crippen LogP contribution in [0.4, 0.5) is 9.18 Å². The van der Waals surface area contributed by atoms with Crippen molar-refractivity contribution in [3.63, 3.8) is 0 Å². The lowest BCUT2D eigenvalue weighted by Crippen LogP contribution is -2.45. The molecule has 1 unspecified atom stereocenters. The van der Waals surface area contributed by atoms with Gasteiger partial charge < -0.3 is 9.84 Å². The number of benzene rings is 3. The minimum atomic E-state index is -0.466. The van der Waals surface area contributed by atoms with Gasteiger partial charge in [-0.2, -0.15) is 4.98 Å². The SMILES string of the molecule is CSc1ccc(C2NC(=O)N(Cc3ccc(F)cc3)C(C)=C2c2nc(-c3ccccc3)no2)cc1. The van der Waals surface area contributed by atoms with Crippen molar-refractivity contribution in [2.24, 2.45) is 0 Å². The van der Waals surface area contributed by atoms with Gasteiger partial charge in [0.15, 0.2) is 0 Å². The molecule has 176 valence electrons. The Morgan fingerprint density at radius 3 is 2.43 bits per heavy atom. The Morgan fingerprint density at radius 1 is 1.03 bits per heavy atom. The van der Waals surface area contributed by atoms with E-state index in [0.29, 0.717) is 17.4 Å². The van der Waals surface area contributed by atoms with E-state index >= 15 is 0 Å². The molecular weight excluding hydrogens is 463 g/mol. The lowest BCUT2D eigenvalue weighted by atomic mass is 9.94. The predicted molar refractivity (Wildman–Crippen MR) is 134 cm³/mol. The Balaban J connectivity index is 1.58. The number of hydrogen-bond acceptors (Lipinski definition) is 5. The highest BCUT2D eigenvalue weighted by Gasteiger charge is 2.35. The lowest BCUT2D eigenvalue weighted by Gasteiger charge is -2.35. The molecule has 1 N–H and O–H groups in total. The Kier molecular flexibility index (Phi) is 6.37. The third kappa shape index (κ3) is 4.70. The van der Waals surface area contributed by atoms with Gasteiger partial charge >= 0.3 is 6.03 Å². The fourth-order valence-electron chi connectivity index (χ4n) is 4.10. The highest BCUT2D eigenvalue weighted by Crippen LogP contribution is 2.38. The average Bonchev–Trinajstić information content (AvgIpc) is 3.38. The van der Waals surface area contributed by atoms with Crippen LogP contribution in [0.3, 0.4) is 0 Å². The van der Waals surface area contributed by atoms with Crippen molar-refractivity contribution >= 4 is 23.4 Å². The Morgan fingerprint density at radius 2 is 1.74 bits per heavy atom. The number of carbonyl (C=O) groups is 1. The number of nitrogens with zero attached hydrogens (tertiary/aromatic N) is 3. The van der Waals surface area contributed by atoms with Crippen LogP contribution < -0.4 is 5.32 Å². The van der Waals surface area contributed by atoms with E-state index in [1.54, 1.807) is 28.8 Å². The molecule has 3 aromatic carbocycles. The quantitative estimate of drug-likeness (QED) is 0.324. The van der Waals surface area contributed by atoms with Crippen molar-refractivity contribution in [2.75, 3.05) is 6.26 Å². The first-order chi connectivity index (χ1) is 17.0. The number of rotatable bonds is 6. The fourth-order valence-corrected chi connectivity index (χ4v) is 4.51. The van der Waals surface area contributed by atoms with Gasteiger partial charge in [-0.3, -0.25) is 4.90 Å². The van der Waals surface area contributed by atoms with Gasteiger partial charge in [-0.25, -0.2) is 9.18 Å². The summed E-state index contributed by atoms with van der Waals surface area (Å²) in [5, 5.41) is 7.29. The van der Waals surface area contributed by atoms with Crippen LogP contribution in [-0.4, -0.2) is 27.3 Å². The Bertz CT molecular complexity index is 1370. The molecule has 1 aromatic heterocycles. The standard InChI is InChI=1S/C27H23FN4O2S/c1-17-23(26-30-25(31-34-26)20-6-4-3-5-7-20)24(19-10-14-22(35-2)15-11-19)29-27(33)32(17)16-18-8-12-21(28)13-9-18/h3-15,24H,16H2,1-2H3,(H,29,33). The van der Waals surface area contributed by atoms with Crippen molar-refractivity contribution < 1.29 is 13.7 Å². The van der Waals surface area contributed by atoms with Crippen LogP contribution in [-0.2, 0) is 6.54 Å². The molecule has 8 heteroatoms. The van der Waals surface area contributed by atoms with E-state index in [1.807, 2.05) is 67.8 Å². The maximum absolute atomic E-state index is 13.4. The molecule has 2 heterocycles. The second-order valence-corrected chi connectivity index (χ2v) is 9.04. The summed E-state index contributed by atoms with van der Waals surface area (Å²) in [6.45, 7) is 2.15. The van der Waals surface area contributed by atoms with Gasteiger partial charge in [0.1, 0.15) is 5.82 Å². The Hall–Kier alpha value is -3.91. The van der Waals surface area contributed by atoms with E-state index in [9.17, 15) is 9.18 Å². The maximum Gasteiger partial charge on any atom is 0.322 e. The van der Waals surface area contributed by atoms with Crippen molar-refractivity contribution in [3.05, 3.63) is 107 Å². The molecule has 35 heavy (non-hydrogen) atoms. The highest BCUT2D eigenvalue weighted by atomic mass is 32.2. The molecule has 0 spiro atoms. The summed E-state index contributed by atoms with van der Waals surface area (Å²) in [6.07, 6.45) is 2.02. The van der Waals surface area contributed by atoms with Gasteiger partial charge in [0.05, 0.1) is 18.2 Å². The first-order valence-electron chi connectivity index (χ1n) is 11.1. The number of allylic oxidation sites excluding steroid dienone is 1. The molecule has 0 aliphatic carbocycles. The second-order valence-electron chi connectivity index (χ2n) is 8.16. The molecule has 4 aromatic rings. The number of halogens is 1. The normalized spacial score (nSPS) is 15.9. The molecule has 0 bridgehead atoms. The van der Waals surface area contributed by atoms with Gasteiger partial charge in [0, 0.05) is 16.2 Å². The van der Waals surface area contributed by atoms with Crippen LogP contribution in [0.2, 0.25) is 0 Å². The molecule has 1 aliphatic heterocycles. The summed E-state index contributed by atoms with van der Waals surface area (Å²) in [4.78, 5) is 20.6. The average molecular weight is 487 g/mol. The van der Waals surface area contributed by atoms with Crippen LogP contribution >= 0.6 is 11.8 Å². The zero-order valence-corrected chi connectivity index (χ0v) is 20.1. The topological polar surface area (TPSA) is 71.3 Å². The molecule has 0 saturated heterocycles. The van der Waals surface area contributed by atoms with Crippen LogP contribution in [0.5, 0.6) is 0 Å². The van der Waals surface area contributed by atoms with Crippen LogP contribution in [0, 0.1) is 5.82 Å².